The topological polar surface area (TPSA) is 129 Å². The van der Waals surface area contributed by atoms with Gasteiger partial charge >= 0.3 is 0 Å². The van der Waals surface area contributed by atoms with Crippen molar-refractivity contribution in [1.82, 2.24) is 5.32 Å². The molecular weight excluding hydrogens is 508 g/mol. The number of amides is 2. The number of carbonyl (C=O) groups excluding carboxylic acids is 2. The fourth-order valence-electron chi connectivity index (χ4n) is 3.52. The van der Waals surface area contributed by atoms with Gasteiger partial charge < -0.3 is 35.0 Å². The summed E-state index contributed by atoms with van der Waals surface area (Å²) < 4.78 is 11.5. The summed E-state index contributed by atoms with van der Waals surface area (Å²) in [5, 5.41) is 33.8. The minimum Gasteiger partial charge on any atom is -0.489 e. The van der Waals surface area contributed by atoms with E-state index in [0.717, 1.165) is 10.0 Å². The lowest BCUT2D eigenvalue weighted by Crippen LogP contribution is -2.56. The van der Waals surface area contributed by atoms with Crippen molar-refractivity contribution in [2.45, 2.75) is 30.5 Å². The molecular formula is C24H27BrN2O7. The van der Waals surface area contributed by atoms with Crippen molar-refractivity contribution in [1.29, 1.82) is 0 Å². The van der Waals surface area contributed by atoms with Crippen molar-refractivity contribution < 1.29 is 34.4 Å². The number of para-hydroxylation sites is 2. The average molecular weight is 535 g/mol. The van der Waals surface area contributed by atoms with Crippen molar-refractivity contribution in [2.75, 3.05) is 25.7 Å². The molecule has 10 heteroatoms. The van der Waals surface area contributed by atoms with E-state index in [2.05, 4.69) is 21.2 Å². The SMILES string of the molecule is CO[C@@H](C(=O)N[C@H]1COc2ccccc2N(C)C1=O)[C@H](O)[C@@H](O)[C@H](O)/C=C/c1ccccc1Br. The van der Waals surface area contributed by atoms with Gasteiger partial charge in [-0.1, -0.05) is 58.4 Å². The van der Waals surface area contributed by atoms with Crippen LogP contribution in [0.4, 0.5) is 5.69 Å². The Morgan fingerprint density at radius 1 is 1.18 bits per heavy atom. The zero-order valence-corrected chi connectivity index (χ0v) is 20.3. The van der Waals surface area contributed by atoms with Crippen LogP contribution in [0.1, 0.15) is 5.56 Å². The Kier molecular flexibility index (Phi) is 8.81. The number of benzene rings is 2. The molecule has 0 saturated carbocycles. The minimum atomic E-state index is -1.78. The van der Waals surface area contributed by atoms with Crippen LogP contribution in [0.15, 0.2) is 59.1 Å². The summed E-state index contributed by atoms with van der Waals surface area (Å²) in [5.41, 5.74) is 1.31. The van der Waals surface area contributed by atoms with Crippen molar-refractivity contribution in [3.05, 3.63) is 64.6 Å². The van der Waals surface area contributed by atoms with Crippen LogP contribution in [0, 0.1) is 0 Å². The molecule has 0 aromatic heterocycles. The molecule has 0 aliphatic carbocycles. The predicted molar refractivity (Wildman–Crippen MR) is 129 cm³/mol. The molecule has 0 saturated heterocycles. The maximum absolute atomic E-state index is 12.8. The summed E-state index contributed by atoms with van der Waals surface area (Å²) >= 11 is 3.38. The number of anilines is 1. The lowest BCUT2D eigenvalue weighted by Gasteiger charge is -2.28. The quantitative estimate of drug-likeness (QED) is 0.399. The number of carbonyl (C=O) groups is 2. The monoisotopic (exact) mass is 534 g/mol. The summed E-state index contributed by atoms with van der Waals surface area (Å²) in [4.78, 5) is 27.0. The van der Waals surface area contributed by atoms with Crippen LogP contribution in [0.5, 0.6) is 5.75 Å². The molecule has 0 fully saturated rings. The fourth-order valence-corrected chi connectivity index (χ4v) is 3.94. The molecule has 0 bridgehead atoms. The summed E-state index contributed by atoms with van der Waals surface area (Å²) in [6, 6.07) is 13.2. The number of nitrogens with zero attached hydrogens (tertiary/aromatic N) is 1. The van der Waals surface area contributed by atoms with Crippen LogP contribution < -0.4 is 15.0 Å². The molecule has 0 radical (unpaired) electrons. The van der Waals surface area contributed by atoms with Gasteiger partial charge in [0.2, 0.25) is 0 Å². The van der Waals surface area contributed by atoms with Gasteiger partial charge in [-0.3, -0.25) is 9.59 Å². The Bertz CT molecular complexity index is 1050. The minimum absolute atomic E-state index is 0.127. The number of nitrogens with one attached hydrogen (secondary N) is 1. The van der Waals surface area contributed by atoms with Crippen LogP contribution >= 0.6 is 15.9 Å². The Labute approximate surface area is 205 Å². The van der Waals surface area contributed by atoms with Gasteiger partial charge in [-0.15, -0.1) is 0 Å². The van der Waals surface area contributed by atoms with Crippen LogP contribution in [-0.4, -0.2) is 78.4 Å². The van der Waals surface area contributed by atoms with Crippen LogP contribution in [0.25, 0.3) is 6.08 Å². The van der Waals surface area contributed by atoms with Gasteiger partial charge in [0.25, 0.3) is 11.8 Å². The smallest absolute Gasteiger partial charge is 0.252 e. The van der Waals surface area contributed by atoms with E-state index < -0.39 is 42.3 Å². The third kappa shape index (κ3) is 5.83. The van der Waals surface area contributed by atoms with E-state index >= 15 is 0 Å². The van der Waals surface area contributed by atoms with E-state index in [1.807, 2.05) is 18.2 Å². The third-order valence-corrected chi connectivity index (χ3v) is 6.20. The molecule has 2 amide bonds. The van der Waals surface area contributed by atoms with Gasteiger partial charge in [0.05, 0.1) is 5.69 Å². The first-order valence-electron chi connectivity index (χ1n) is 10.5. The first-order valence-corrected chi connectivity index (χ1v) is 11.3. The second-order valence-electron chi connectivity index (χ2n) is 7.75. The number of hydrogen-bond donors (Lipinski definition) is 4. The molecule has 3 rings (SSSR count). The number of hydrogen-bond acceptors (Lipinski definition) is 7. The zero-order chi connectivity index (χ0) is 24.8. The van der Waals surface area contributed by atoms with Crippen molar-refractivity contribution in [3.63, 3.8) is 0 Å². The number of aliphatic hydroxyl groups excluding tert-OH is 3. The van der Waals surface area contributed by atoms with E-state index in [1.165, 1.54) is 18.1 Å². The van der Waals surface area contributed by atoms with Gasteiger partial charge in [-0.25, -0.2) is 0 Å². The Morgan fingerprint density at radius 2 is 1.85 bits per heavy atom. The highest BCUT2D eigenvalue weighted by Gasteiger charge is 2.38. The average Bonchev–Trinajstić information content (AvgIpc) is 2.95. The Hall–Kier alpha value is -2.76. The van der Waals surface area contributed by atoms with Gasteiger partial charge in [-0.05, 0) is 23.8 Å². The summed E-state index contributed by atoms with van der Waals surface area (Å²) in [6.07, 6.45) is -3.68. The van der Waals surface area contributed by atoms with Crippen LogP contribution in [-0.2, 0) is 14.3 Å². The molecule has 34 heavy (non-hydrogen) atoms. The highest BCUT2D eigenvalue weighted by atomic mass is 79.9. The molecule has 4 N–H and O–H groups in total. The standard InChI is InChI=1S/C24H27BrN2O7/c1-27-17-9-5-6-10-19(17)34-13-16(24(27)32)26-23(31)22(33-2)21(30)20(29)18(28)12-11-14-7-3-4-8-15(14)25/h3-12,16,18,20-22,28-30H,13H2,1-2H3,(H,26,31)/b12-11+/t16-,18+,20-,21+,22+/m0/s1. The number of halogens is 1. The van der Waals surface area contributed by atoms with Gasteiger partial charge in [0, 0.05) is 18.6 Å². The van der Waals surface area contributed by atoms with Crippen LogP contribution in [0.3, 0.4) is 0 Å². The molecule has 2 aromatic carbocycles. The molecule has 5 atom stereocenters. The van der Waals surface area contributed by atoms with E-state index in [1.54, 1.807) is 43.5 Å². The van der Waals surface area contributed by atoms with E-state index in [-0.39, 0.29) is 6.61 Å². The highest BCUT2D eigenvalue weighted by molar-refractivity contribution is 9.10. The number of fused-ring (bicyclic) bond motifs is 1. The number of rotatable bonds is 8. The van der Waals surface area contributed by atoms with Gasteiger partial charge in [0.1, 0.15) is 36.7 Å². The van der Waals surface area contributed by atoms with Gasteiger partial charge in [-0.2, -0.15) is 0 Å². The maximum Gasteiger partial charge on any atom is 0.252 e. The lowest BCUT2D eigenvalue weighted by atomic mass is 10.0. The van der Waals surface area contributed by atoms with E-state index in [4.69, 9.17) is 9.47 Å². The molecule has 1 aliphatic heterocycles. The largest absolute Gasteiger partial charge is 0.489 e. The summed E-state index contributed by atoms with van der Waals surface area (Å²) in [7, 11) is 2.74. The third-order valence-electron chi connectivity index (χ3n) is 5.48. The maximum atomic E-state index is 12.8. The number of likely N-dealkylation sites (N-methyl/N-ethyl adjacent to an activating group) is 1. The van der Waals surface area contributed by atoms with Gasteiger partial charge in [0.15, 0.2) is 6.10 Å². The molecule has 0 unspecified atom stereocenters. The highest BCUT2D eigenvalue weighted by Crippen LogP contribution is 2.30. The molecule has 182 valence electrons. The van der Waals surface area contributed by atoms with Crippen molar-refractivity contribution >= 4 is 39.5 Å². The van der Waals surface area contributed by atoms with Crippen molar-refractivity contribution in [2.24, 2.45) is 0 Å². The summed E-state index contributed by atoms with van der Waals surface area (Å²) in [6.45, 7) is -0.127. The molecule has 9 nitrogen and oxygen atoms in total. The lowest BCUT2D eigenvalue weighted by molar-refractivity contribution is -0.150. The molecule has 2 aromatic rings. The Morgan fingerprint density at radius 3 is 2.56 bits per heavy atom. The fraction of sp³-hybridized carbons (Fsp3) is 0.333. The van der Waals surface area contributed by atoms with E-state index in [0.29, 0.717) is 11.4 Å². The zero-order valence-electron chi connectivity index (χ0n) is 18.7. The summed E-state index contributed by atoms with van der Waals surface area (Å²) in [5.74, 6) is -0.759. The second-order valence-corrected chi connectivity index (χ2v) is 8.60. The predicted octanol–water partition coefficient (Wildman–Crippen LogP) is 1.10. The molecule has 0 spiro atoms. The number of aliphatic hydroxyl groups is 3. The number of ether oxygens (including phenoxy) is 2. The second kappa shape index (κ2) is 11.6. The van der Waals surface area contributed by atoms with E-state index in [9.17, 15) is 24.9 Å². The molecule has 1 heterocycles. The van der Waals surface area contributed by atoms with Crippen LogP contribution in [0.2, 0.25) is 0 Å². The van der Waals surface area contributed by atoms with Crippen molar-refractivity contribution in [3.8, 4) is 5.75 Å². The number of methoxy groups -OCH3 is 1. The first-order chi connectivity index (χ1) is 16.2. The molecule has 1 aliphatic rings. The Balaban J connectivity index is 1.66. The first kappa shape index (κ1) is 25.9. The normalized spacial score (nSPS) is 19.5.